The molecule has 0 aromatic carbocycles. The highest BCUT2D eigenvalue weighted by molar-refractivity contribution is 8.14. The molecule has 1 saturated carbocycles. The molecular formula is C13H24N2S. The lowest BCUT2D eigenvalue weighted by atomic mass is 9.99. The van der Waals surface area contributed by atoms with E-state index in [2.05, 4.69) is 31.1 Å². The average molecular weight is 240 g/mol. The molecule has 0 spiro atoms. The van der Waals surface area contributed by atoms with Gasteiger partial charge in [0.15, 0.2) is 5.17 Å². The molecule has 3 atom stereocenters. The first kappa shape index (κ1) is 12.3. The van der Waals surface area contributed by atoms with Crippen LogP contribution in [-0.2, 0) is 0 Å². The minimum absolute atomic E-state index is 0.733. The number of hydrogen-bond donors (Lipinski definition) is 1. The summed E-state index contributed by atoms with van der Waals surface area (Å²) >= 11 is 1.99. The Bertz CT molecular complexity index is 261. The zero-order chi connectivity index (χ0) is 11.5. The van der Waals surface area contributed by atoms with E-state index in [-0.39, 0.29) is 0 Å². The third-order valence-corrected chi connectivity index (χ3v) is 5.32. The van der Waals surface area contributed by atoms with Crippen LogP contribution >= 0.6 is 11.8 Å². The molecule has 0 aromatic rings. The van der Waals surface area contributed by atoms with Crippen molar-refractivity contribution < 1.29 is 0 Å². The zero-order valence-electron chi connectivity index (χ0n) is 10.7. The number of aliphatic imine (C=N–C) groups is 1. The molecular weight excluding hydrogens is 216 g/mol. The summed E-state index contributed by atoms with van der Waals surface area (Å²) in [6, 6.07) is 0.733. The molecule has 92 valence electrons. The monoisotopic (exact) mass is 240 g/mol. The second-order valence-electron chi connectivity index (χ2n) is 5.03. The van der Waals surface area contributed by atoms with Gasteiger partial charge < -0.3 is 5.32 Å². The van der Waals surface area contributed by atoms with E-state index in [9.17, 15) is 0 Å². The van der Waals surface area contributed by atoms with Crippen LogP contribution in [0.1, 0.15) is 46.5 Å². The van der Waals surface area contributed by atoms with Crippen LogP contribution in [0.3, 0.4) is 0 Å². The fourth-order valence-electron chi connectivity index (χ4n) is 2.56. The number of amidine groups is 1. The molecule has 2 rings (SSSR count). The van der Waals surface area contributed by atoms with E-state index < -0.39 is 0 Å². The zero-order valence-corrected chi connectivity index (χ0v) is 11.5. The van der Waals surface area contributed by atoms with Gasteiger partial charge in [-0.15, -0.1) is 0 Å². The lowest BCUT2D eigenvalue weighted by molar-refractivity contribution is 0.479. The predicted octanol–water partition coefficient (Wildman–Crippen LogP) is 3.28. The number of nitrogens with zero attached hydrogens (tertiary/aromatic N) is 1. The lowest BCUT2D eigenvalue weighted by Gasteiger charge is -2.18. The van der Waals surface area contributed by atoms with E-state index in [1.807, 2.05) is 11.8 Å². The Morgan fingerprint density at radius 2 is 2.12 bits per heavy atom. The van der Waals surface area contributed by atoms with Crippen LogP contribution in [0.25, 0.3) is 0 Å². The van der Waals surface area contributed by atoms with Crippen LogP contribution in [0.15, 0.2) is 4.99 Å². The largest absolute Gasteiger partial charge is 0.362 e. The second-order valence-corrected chi connectivity index (χ2v) is 6.26. The lowest BCUT2D eigenvalue weighted by Crippen LogP contribution is -2.24. The Labute approximate surface area is 104 Å². The van der Waals surface area contributed by atoms with Crippen LogP contribution in [-0.4, -0.2) is 23.0 Å². The molecule has 3 unspecified atom stereocenters. The summed E-state index contributed by atoms with van der Waals surface area (Å²) in [5, 5.41) is 5.55. The molecule has 0 radical (unpaired) electrons. The number of rotatable bonds is 5. The van der Waals surface area contributed by atoms with Gasteiger partial charge in [0.1, 0.15) is 0 Å². The third-order valence-electron chi connectivity index (χ3n) is 4.01. The van der Waals surface area contributed by atoms with Crippen LogP contribution in [0, 0.1) is 11.8 Å². The summed E-state index contributed by atoms with van der Waals surface area (Å²) in [4.78, 5) is 4.65. The molecule has 3 heteroatoms. The van der Waals surface area contributed by atoms with Crippen molar-refractivity contribution in [3.8, 4) is 0 Å². The Morgan fingerprint density at radius 3 is 2.69 bits per heavy atom. The summed E-state index contributed by atoms with van der Waals surface area (Å²) in [5.74, 6) is 1.75. The summed E-state index contributed by atoms with van der Waals surface area (Å²) in [6.07, 6.45) is 5.24. The molecule has 0 saturated heterocycles. The van der Waals surface area contributed by atoms with Crippen molar-refractivity contribution in [2.24, 2.45) is 16.8 Å². The fourth-order valence-corrected chi connectivity index (χ4v) is 3.95. The molecule has 0 aromatic heterocycles. The van der Waals surface area contributed by atoms with Gasteiger partial charge in [-0.2, -0.15) is 0 Å². The molecule has 2 aliphatic rings. The van der Waals surface area contributed by atoms with Crippen LogP contribution in [0.4, 0.5) is 0 Å². The summed E-state index contributed by atoms with van der Waals surface area (Å²) in [5.41, 5.74) is 0. The number of hydrogen-bond acceptors (Lipinski definition) is 3. The fraction of sp³-hybridized carbons (Fsp3) is 0.923. The quantitative estimate of drug-likeness (QED) is 0.797. The van der Waals surface area contributed by atoms with Gasteiger partial charge in [-0.1, -0.05) is 51.8 Å². The highest BCUT2D eigenvalue weighted by atomic mass is 32.2. The maximum atomic E-state index is 4.65. The van der Waals surface area contributed by atoms with Gasteiger partial charge >= 0.3 is 0 Å². The minimum atomic E-state index is 0.733. The first-order valence-electron chi connectivity index (χ1n) is 6.76. The first-order valence-corrected chi connectivity index (χ1v) is 7.64. The van der Waals surface area contributed by atoms with Crippen molar-refractivity contribution in [1.82, 2.24) is 5.32 Å². The van der Waals surface area contributed by atoms with Gasteiger partial charge in [0.2, 0.25) is 0 Å². The van der Waals surface area contributed by atoms with E-state index in [1.165, 1.54) is 30.9 Å². The van der Waals surface area contributed by atoms with Crippen LogP contribution in [0.5, 0.6) is 0 Å². The van der Waals surface area contributed by atoms with Crippen molar-refractivity contribution in [3.05, 3.63) is 0 Å². The molecule has 1 N–H and O–H groups in total. The molecule has 0 amide bonds. The van der Waals surface area contributed by atoms with Crippen molar-refractivity contribution in [2.45, 2.75) is 57.7 Å². The molecule has 1 heterocycles. The highest BCUT2D eigenvalue weighted by Gasteiger charge is 2.37. The van der Waals surface area contributed by atoms with Crippen molar-refractivity contribution in [2.75, 3.05) is 6.54 Å². The summed E-state index contributed by atoms with van der Waals surface area (Å²) < 4.78 is 0. The maximum absolute atomic E-state index is 4.65. The highest BCUT2D eigenvalue weighted by Crippen LogP contribution is 2.36. The predicted molar refractivity (Wildman–Crippen MR) is 73.1 cm³/mol. The Kier molecular flexibility index (Phi) is 4.17. The van der Waals surface area contributed by atoms with Gasteiger partial charge in [0.05, 0.1) is 6.54 Å². The van der Waals surface area contributed by atoms with Gasteiger partial charge in [-0.3, -0.25) is 4.99 Å². The Hall–Kier alpha value is -0.180. The normalized spacial score (nSPS) is 33.0. The minimum Gasteiger partial charge on any atom is -0.362 e. The van der Waals surface area contributed by atoms with Gasteiger partial charge in [0, 0.05) is 11.3 Å². The van der Waals surface area contributed by atoms with E-state index in [0.29, 0.717) is 0 Å². The topological polar surface area (TPSA) is 24.4 Å². The van der Waals surface area contributed by atoms with Crippen molar-refractivity contribution in [1.29, 1.82) is 0 Å². The SMILES string of the molecule is CCC1CC1NC1=NCC(C(CC)CC)S1. The number of nitrogens with one attached hydrogen (secondary N) is 1. The third kappa shape index (κ3) is 2.73. The smallest absolute Gasteiger partial charge is 0.157 e. The van der Waals surface area contributed by atoms with Crippen molar-refractivity contribution in [3.63, 3.8) is 0 Å². The second kappa shape index (κ2) is 5.44. The number of thioether (sulfide) groups is 1. The summed E-state index contributed by atoms with van der Waals surface area (Å²) in [6.45, 7) is 7.91. The molecule has 2 nitrogen and oxygen atoms in total. The molecule has 1 fully saturated rings. The van der Waals surface area contributed by atoms with Gasteiger partial charge in [-0.05, 0) is 18.3 Å². The molecule has 16 heavy (non-hydrogen) atoms. The van der Waals surface area contributed by atoms with E-state index in [0.717, 1.165) is 29.7 Å². The van der Waals surface area contributed by atoms with E-state index in [4.69, 9.17) is 0 Å². The Balaban J connectivity index is 1.74. The molecule has 1 aliphatic heterocycles. The van der Waals surface area contributed by atoms with E-state index >= 15 is 0 Å². The molecule has 1 aliphatic carbocycles. The average Bonchev–Trinajstić information content (AvgIpc) is 2.89. The first-order chi connectivity index (χ1) is 7.78. The summed E-state index contributed by atoms with van der Waals surface area (Å²) in [7, 11) is 0. The van der Waals surface area contributed by atoms with Crippen LogP contribution in [0.2, 0.25) is 0 Å². The maximum Gasteiger partial charge on any atom is 0.157 e. The molecule has 0 bridgehead atoms. The Morgan fingerprint density at radius 1 is 1.38 bits per heavy atom. The van der Waals surface area contributed by atoms with Crippen LogP contribution < -0.4 is 5.32 Å². The van der Waals surface area contributed by atoms with Crippen molar-refractivity contribution >= 4 is 16.9 Å². The van der Waals surface area contributed by atoms with Gasteiger partial charge in [0.25, 0.3) is 0 Å². The van der Waals surface area contributed by atoms with Gasteiger partial charge in [-0.25, -0.2) is 0 Å². The van der Waals surface area contributed by atoms with E-state index in [1.54, 1.807) is 0 Å². The standard InChI is InChI=1S/C13H24N2S/c1-4-9(5-2)12-8-14-13(16-12)15-11-7-10(11)6-3/h9-12H,4-8H2,1-3H3,(H,14,15).